The van der Waals surface area contributed by atoms with Crippen molar-refractivity contribution in [3.63, 3.8) is 0 Å². The molecule has 2 nitrogen and oxygen atoms in total. The Morgan fingerprint density at radius 1 is 1.64 bits per heavy atom. The lowest BCUT2D eigenvalue weighted by Crippen LogP contribution is -2.08. The van der Waals surface area contributed by atoms with Crippen LogP contribution in [0.3, 0.4) is 0 Å². The second kappa shape index (κ2) is 4.77. The Bertz CT molecular complexity index is 323. The molecule has 14 heavy (non-hydrogen) atoms. The quantitative estimate of drug-likeness (QED) is 0.749. The van der Waals surface area contributed by atoms with Crippen LogP contribution in [0.5, 0.6) is 5.75 Å². The largest absolute Gasteiger partial charge is 0.489 e. The van der Waals surface area contributed by atoms with Crippen molar-refractivity contribution in [3.8, 4) is 5.75 Å². The monoisotopic (exact) mass is 195 g/mol. The van der Waals surface area contributed by atoms with Crippen LogP contribution in [0.1, 0.15) is 18.5 Å². The molecular weight excluding hydrogens is 181 g/mol. The van der Waals surface area contributed by atoms with Crippen LogP contribution in [-0.4, -0.2) is 6.61 Å². The van der Waals surface area contributed by atoms with E-state index in [2.05, 4.69) is 6.58 Å². The van der Waals surface area contributed by atoms with Gasteiger partial charge in [0.05, 0.1) is 0 Å². The van der Waals surface area contributed by atoms with Crippen molar-refractivity contribution in [1.82, 2.24) is 0 Å². The fraction of sp³-hybridized carbons (Fsp3) is 0.273. The first-order valence-corrected chi connectivity index (χ1v) is 4.44. The fourth-order valence-electron chi connectivity index (χ4n) is 1.16. The van der Waals surface area contributed by atoms with E-state index in [-0.39, 0.29) is 11.9 Å². The Labute approximate surface area is 83.2 Å². The van der Waals surface area contributed by atoms with Crippen LogP contribution in [0.25, 0.3) is 0 Å². The summed E-state index contributed by atoms with van der Waals surface area (Å²) in [6.07, 6.45) is 1.61. The van der Waals surface area contributed by atoms with Gasteiger partial charge in [-0.05, 0) is 13.0 Å². The Kier molecular flexibility index (Phi) is 3.65. The molecule has 0 unspecified atom stereocenters. The topological polar surface area (TPSA) is 35.2 Å². The number of ether oxygens (including phenoxy) is 1. The van der Waals surface area contributed by atoms with E-state index >= 15 is 0 Å². The van der Waals surface area contributed by atoms with E-state index in [1.54, 1.807) is 12.1 Å². The molecular formula is C11H14FNO. The number of nitrogens with two attached hydrogens (primary N) is 1. The molecule has 0 fully saturated rings. The molecule has 0 heterocycles. The lowest BCUT2D eigenvalue weighted by Gasteiger charge is -2.12. The van der Waals surface area contributed by atoms with Crippen LogP contribution in [0.2, 0.25) is 0 Å². The highest BCUT2D eigenvalue weighted by Gasteiger charge is 2.08. The molecule has 0 saturated heterocycles. The predicted octanol–water partition coefficient (Wildman–Crippen LogP) is 2.41. The molecule has 1 rings (SSSR count). The lowest BCUT2D eigenvalue weighted by atomic mass is 10.1. The van der Waals surface area contributed by atoms with Crippen LogP contribution < -0.4 is 10.5 Å². The smallest absolute Gasteiger partial charge is 0.127 e. The average molecular weight is 195 g/mol. The van der Waals surface area contributed by atoms with Crippen molar-refractivity contribution in [2.75, 3.05) is 6.61 Å². The highest BCUT2D eigenvalue weighted by atomic mass is 19.1. The Morgan fingerprint density at radius 2 is 2.36 bits per heavy atom. The van der Waals surface area contributed by atoms with Gasteiger partial charge in [-0.1, -0.05) is 18.7 Å². The molecule has 0 radical (unpaired) electrons. The first-order valence-electron chi connectivity index (χ1n) is 4.44. The van der Waals surface area contributed by atoms with Crippen molar-refractivity contribution in [1.29, 1.82) is 0 Å². The number of benzene rings is 1. The third-order valence-electron chi connectivity index (χ3n) is 1.82. The molecule has 0 aliphatic carbocycles. The first-order chi connectivity index (χ1) is 6.65. The summed E-state index contributed by atoms with van der Waals surface area (Å²) >= 11 is 0. The molecule has 0 aliphatic rings. The zero-order chi connectivity index (χ0) is 10.6. The third kappa shape index (κ3) is 2.57. The minimum absolute atomic E-state index is 0.171. The summed E-state index contributed by atoms with van der Waals surface area (Å²) in [5, 5.41) is 0. The predicted molar refractivity (Wildman–Crippen MR) is 54.7 cm³/mol. The minimum Gasteiger partial charge on any atom is -0.489 e. The molecule has 0 amide bonds. The van der Waals surface area contributed by atoms with E-state index in [1.807, 2.05) is 6.92 Å². The number of rotatable bonds is 4. The SMILES string of the molecule is C=CCOc1cc(F)ccc1[C@@H](C)N. The summed E-state index contributed by atoms with van der Waals surface area (Å²) in [5.74, 6) is 0.161. The van der Waals surface area contributed by atoms with Gasteiger partial charge in [-0.3, -0.25) is 0 Å². The van der Waals surface area contributed by atoms with Crippen LogP contribution in [-0.2, 0) is 0 Å². The number of hydrogen-bond donors (Lipinski definition) is 1. The van der Waals surface area contributed by atoms with Crippen LogP contribution in [0.15, 0.2) is 30.9 Å². The summed E-state index contributed by atoms with van der Waals surface area (Å²) in [4.78, 5) is 0. The van der Waals surface area contributed by atoms with Gasteiger partial charge in [0.2, 0.25) is 0 Å². The van der Waals surface area contributed by atoms with Crippen molar-refractivity contribution in [3.05, 3.63) is 42.2 Å². The maximum Gasteiger partial charge on any atom is 0.127 e. The van der Waals surface area contributed by atoms with Crippen molar-refractivity contribution >= 4 is 0 Å². The molecule has 1 aromatic rings. The van der Waals surface area contributed by atoms with Gasteiger partial charge in [-0.25, -0.2) is 4.39 Å². The Morgan fingerprint density at radius 3 is 2.93 bits per heavy atom. The third-order valence-corrected chi connectivity index (χ3v) is 1.82. The molecule has 1 atom stereocenters. The molecule has 3 heteroatoms. The van der Waals surface area contributed by atoms with E-state index in [9.17, 15) is 4.39 Å². The summed E-state index contributed by atoms with van der Waals surface area (Å²) in [6.45, 7) is 5.70. The summed E-state index contributed by atoms with van der Waals surface area (Å²) in [6, 6.07) is 4.18. The van der Waals surface area contributed by atoms with E-state index in [0.717, 1.165) is 5.56 Å². The van der Waals surface area contributed by atoms with E-state index in [4.69, 9.17) is 10.5 Å². The molecule has 0 saturated carbocycles. The zero-order valence-corrected chi connectivity index (χ0v) is 8.16. The van der Waals surface area contributed by atoms with Gasteiger partial charge in [-0.2, -0.15) is 0 Å². The zero-order valence-electron chi connectivity index (χ0n) is 8.16. The maximum absolute atomic E-state index is 12.9. The van der Waals surface area contributed by atoms with Crippen LogP contribution in [0.4, 0.5) is 4.39 Å². The number of halogens is 1. The Hall–Kier alpha value is -1.35. The first kappa shape index (κ1) is 10.7. The van der Waals surface area contributed by atoms with E-state index < -0.39 is 0 Å². The van der Waals surface area contributed by atoms with Crippen LogP contribution in [0, 0.1) is 5.82 Å². The second-order valence-electron chi connectivity index (χ2n) is 3.07. The van der Waals surface area contributed by atoms with Gasteiger partial charge < -0.3 is 10.5 Å². The van der Waals surface area contributed by atoms with Crippen molar-refractivity contribution in [2.45, 2.75) is 13.0 Å². The molecule has 0 bridgehead atoms. The minimum atomic E-state index is -0.325. The van der Waals surface area contributed by atoms with E-state index in [0.29, 0.717) is 12.4 Å². The van der Waals surface area contributed by atoms with E-state index in [1.165, 1.54) is 12.1 Å². The molecule has 0 aromatic heterocycles. The summed E-state index contributed by atoms with van der Waals surface area (Å²) < 4.78 is 18.2. The lowest BCUT2D eigenvalue weighted by molar-refractivity contribution is 0.354. The van der Waals surface area contributed by atoms with Gasteiger partial charge >= 0.3 is 0 Å². The number of hydrogen-bond acceptors (Lipinski definition) is 2. The highest BCUT2D eigenvalue weighted by Crippen LogP contribution is 2.24. The normalized spacial score (nSPS) is 12.2. The van der Waals surface area contributed by atoms with Gasteiger partial charge in [0.1, 0.15) is 18.2 Å². The average Bonchev–Trinajstić information content (AvgIpc) is 2.14. The molecule has 0 aliphatic heterocycles. The fourth-order valence-corrected chi connectivity index (χ4v) is 1.16. The van der Waals surface area contributed by atoms with Crippen molar-refractivity contribution in [2.24, 2.45) is 5.73 Å². The van der Waals surface area contributed by atoms with Gasteiger partial charge in [0.25, 0.3) is 0 Å². The summed E-state index contributed by atoms with van der Waals surface area (Å²) in [7, 11) is 0. The highest BCUT2D eigenvalue weighted by molar-refractivity contribution is 5.36. The van der Waals surface area contributed by atoms with Gasteiger partial charge in [0.15, 0.2) is 0 Å². The summed E-state index contributed by atoms with van der Waals surface area (Å²) in [5.41, 5.74) is 6.51. The molecule has 0 spiro atoms. The molecule has 76 valence electrons. The van der Waals surface area contributed by atoms with Gasteiger partial charge in [0, 0.05) is 17.7 Å². The molecule has 1 aromatic carbocycles. The van der Waals surface area contributed by atoms with Gasteiger partial charge in [-0.15, -0.1) is 0 Å². The van der Waals surface area contributed by atoms with Crippen LogP contribution >= 0.6 is 0 Å². The second-order valence-corrected chi connectivity index (χ2v) is 3.07. The Balaban J connectivity index is 2.96. The molecule has 2 N–H and O–H groups in total. The maximum atomic E-state index is 12.9. The van der Waals surface area contributed by atoms with Crippen molar-refractivity contribution < 1.29 is 9.13 Å². The standard InChI is InChI=1S/C11H14FNO/c1-3-6-14-11-7-9(12)4-5-10(11)8(2)13/h3-5,7-8H,1,6,13H2,2H3/t8-/m1/s1.